The number of para-hydroxylation sites is 1. The Morgan fingerprint density at radius 2 is 1.50 bits per heavy atom. The van der Waals surface area contributed by atoms with E-state index in [1.807, 2.05) is 82.7 Å². The van der Waals surface area contributed by atoms with E-state index in [0.717, 1.165) is 22.7 Å². The van der Waals surface area contributed by atoms with E-state index in [4.69, 9.17) is 19.3 Å². The molecule has 3 aromatic rings. The van der Waals surface area contributed by atoms with Crippen LogP contribution >= 0.6 is 0 Å². The van der Waals surface area contributed by atoms with Crippen molar-refractivity contribution in [3.8, 4) is 17.2 Å². The van der Waals surface area contributed by atoms with E-state index in [-0.39, 0.29) is 5.78 Å². The van der Waals surface area contributed by atoms with Crippen LogP contribution in [-0.2, 0) is 4.79 Å². The van der Waals surface area contributed by atoms with Gasteiger partial charge in [-0.05, 0) is 48.5 Å². The molecule has 0 bridgehead atoms. The third kappa shape index (κ3) is 3.85. The van der Waals surface area contributed by atoms with Crippen molar-refractivity contribution in [2.75, 3.05) is 31.2 Å². The zero-order valence-corrected chi connectivity index (χ0v) is 18.5. The van der Waals surface area contributed by atoms with Gasteiger partial charge in [-0.25, -0.2) is 5.01 Å². The van der Waals surface area contributed by atoms with Crippen LogP contribution in [-0.4, -0.2) is 32.9 Å². The minimum Gasteiger partial charge on any atom is -0.497 e. The summed E-state index contributed by atoms with van der Waals surface area (Å²) in [4.78, 5) is 14.6. The summed E-state index contributed by atoms with van der Waals surface area (Å²) < 4.78 is 16.3. The monoisotopic (exact) mass is 431 g/mol. The fourth-order valence-electron chi connectivity index (χ4n) is 3.76. The first kappa shape index (κ1) is 21.2. The maximum Gasteiger partial charge on any atom is 0.198 e. The Labute approximate surface area is 187 Å². The number of rotatable bonds is 7. The van der Waals surface area contributed by atoms with Gasteiger partial charge in [0.05, 0.1) is 27.0 Å². The molecule has 1 aliphatic rings. The second-order valence-electron chi connectivity index (χ2n) is 7.22. The van der Waals surface area contributed by atoms with Crippen LogP contribution in [0.2, 0.25) is 0 Å². The van der Waals surface area contributed by atoms with Gasteiger partial charge in [0.25, 0.3) is 0 Å². The normalized spacial score (nSPS) is 15.4. The van der Waals surface area contributed by atoms with E-state index < -0.39 is 6.17 Å². The third-order valence-electron chi connectivity index (χ3n) is 5.30. The zero-order valence-electron chi connectivity index (χ0n) is 18.5. The lowest BCUT2D eigenvalue weighted by Gasteiger charge is -2.32. The smallest absolute Gasteiger partial charge is 0.198 e. The molecule has 1 aliphatic heterocycles. The predicted octanol–water partition coefficient (Wildman–Crippen LogP) is 4.64. The molecule has 32 heavy (non-hydrogen) atoms. The molecular weight excluding hydrogens is 406 g/mol. The number of benzene rings is 3. The maximum absolute atomic E-state index is 12.7. The highest BCUT2D eigenvalue weighted by molar-refractivity contribution is 6.44. The number of Topliss-reactive ketones (excluding diaryl/α,β-unsaturated/α-hetero) is 1. The fraction of sp³-hybridized carbons (Fsp3) is 0.200. The molecule has 0 aliphatic carbocycles. The Hall–Kier alpha value is -4.00. The SMILES string of the molecule is COc1ccc(N2C(C(C)=O)=NN(c3ccccc3)[C@@H]2c2ccc(OC)c(OC)c2)cc1. The van der Waals surface area contributed by atoms with Crippen LogP contribution in [0.15, 0.2) is 77.9 Å². The summed E-state index contributed by atoms with van der Waals surface area (Å²) in [5.41, 5.74) is 2.57. The van der Waals surface area contributed by atoms with Gasteiger partial charge in [0.2, 0.25) is 0 Å². The summed E-state index contributed by atoms with van der Waals surface area (Å²) in [6, 6.07) is 23.1. The van der Waals surface area contributed by atoms with Crippen molar-refractivity contribution in [2.24, 2.45) is 5.10 Å². The van der Waals surface area contributed by atoms with Gasteiger partial charge in [-0.2, -0.15) is 0 Å². The number of ketones is 1. The molecule has 3 aromatic carbocycles. The van der Waals surface area contributed by atoms with Crippen molar-refractivity contribution in [3.63, 3.8) is 0 Å². The third-order valence-corrected chi connectivity index (χ3v) is 5.30. The summed E-state index contributed by atoms with van der Waals surface area (Å²) in [5.74, 6) is 2.17. The maximum atomic E-state index is 12.7. The molecule has 7 nitrogen and oxygen atoms in total. The van der Waals surface area contributed by atoms with Crippen molar-refractivity contribution in [2.45, 2.75) is 13.1 Å². The van der Waals surface area contributed by atoms with Crippen LogP contribution in [0.3, 0.4) is 0 Å². The number of amidine groups is 1. The fourth-order valence-corrected chi connectivity index (χ4v) is 3.76. The number of hydrogen-bond donors (Lipinski definition) is 0. The predicted molar refractivity (Wildman–Crippen MR) is 125 cm³/mol. The molecule has 1 atom stereocenters. The van der Waals surface area contributed by atoms with Gasteiger partial charge >= 0.3 is 0 Å². The molecule has 164 valence electrons. The number of nitrogens with zero attached hydrogens (tertiary/aromatic N) is 3. The Balaban J connectivity index is 1.89. The highest BCUT2D eigenvalue weighted by atomic mass is 16.5. The van der Waals surface area contributed by atoms with Crippen molar-refractivity contribution in [1.29, 1.82) is 0 Å². The Morgan fingerprint density at radius 1 is 0.812 bits per heavy atom. The number of carbonyl (C=O) groups is 1. The molecular formula is C25H25N3O4. The van der Waals surface area contributed by atoms with Crippen molar-refractivity contribution in [1.82, 2.24) is 0 Å². The topological polar surface area (TPSA) is 63.6 Å². The molecule has 1 heterocycles. The summed E-state index contributed by atoms with van der Waals surface area (Å²) in [6.45, 7) is 1.52. The van der Waals surface area contributed by atoms with Gasteiger partial charge < -0.3 is 14.2 Å². The van der Waals surface area contributed by atoms with Crippen LogP contribution in [0.25, 0.3) is 0 Å². The first-order valence-electron chi connectivity index (χ1n) is 10.2. The first-order chi connectivity index (χ1) is 15.6. The van der Waals surface area contributed by atoms with Crippen molar-refractivity contribution < 1.29 is 19.0 Å². The molecule has 0 aromatic heterocycles. The standard InChI is InChI=1S/C25H25N3O4/c1-17(29)24-26-28(20-8-6-5-7-9-20)25(18-10-15-22(31-3)23(16-18)32-4)27(24)19-11-13-21(30-2)14-12-19/h5-16,25H,1-4H3/t25-/m1/s1. The number of carbonyl (C=O) groups excluding carboxylic acids is 1. The van der Waals surface area contributed by atoms with Gasteiger partial charge in [-0.1, -0.05) is 24.3 Å². The molecule has 7 heteroatoms. The average Bonchev–Trinajstić information content (AvgIpc) is 3.25. The largest absolute Gasteiger partial charge is 0.497 e. The van der Waals surface area contributed by atoms with Crippen LogP contribution in [0.4, 0.5) is 11.4 Å². The summed E-state index contributed by atoms with van der Waals surface area (Å²) in [7, 11) is 4.82. The molecule has 0 radical (unpaired) electrons. The van der Waals surface area contributed by atoms with E-state index in [2.05, 4.69) is 0 Å². The second kappa shape index (κ2) is 9.01. The summed E-state index contributed by atoms with van der Waals surface area (Å²) in [6.07, 6.45) is -0.412. The molecule has 0 spiro atoms. The number of ether oxygens (including phenoxy) is 3. The first-order valence-corrected chi connectivity index (χ1v) is 10.2. The lowest BCUT2D eigenvalue weighted by atomic mass is 10.1. The van der Waals surface area contributed by atoms with E-state index in [0.29, 0.717) is 17.3 Å². The second-order valence-corrected chi connectivity index (χ2v) is 7.22. The highest BCUT2D eigenvalue weighted by Gasteiger charge is 2.39. The Bertz CT molecular complexity index is 1130. The Morgan fingerprint density at radius 3 is 2.09 bits per heavy atom. The minimum atomic E-state index is -0.412. The molecule has 0 saturated heterocycles. The van der Waals surface area contributed by atoms with Gasteiger partial charge in [-0.15, -0.1) is 5.10 Å². The zero-order chi connectivity index (χ0) is 22.7. The lowest BCUT2D eigenvalue weighted by Crippen LogP contribution is -2.37. The summed E-state index contributed by atoms with van der Waals surface area (Å²) in [5, 5.41) is 6.59. The molecule has 0 N–H and O–H groups in total. The van der Waals surface area contributed by atoms with Crippen molar-refractivity contribution in [3.05, 3.63) is 78.4 Å². The number of hydrogen-bond acceptors (Lipinski definition) is 7. The van der Waals surface area contributed by atoms with Gasteiger partial charge in [-0.3, -0.25) is 9.69 Å². The molecule has 0 unspecified atom stereocenters. The number of anilines is 2. The van der Waals surface area contributed by atoms with Gasteiger partial charge in [0.1, 0.15) is 5.75 Å². The number of hydrazone groups is 1. The van der Waals surface area contributed by atoms with Crippen LogP contribution in [0.1, 0.15) is 18.7 Å². The van der Waals surface area contributed by atoms with Gasteiger partial charge in [0, 0.05) is 18.2 Å². The summed E-state index contributed by atoms with van der Waals surface area (Å²) >= 11 is 0. The van der Waals surface area contributed by atoms with E-state index in [9.17, 15) is 4.79 Å². The molecule has 0 amide bonds. The van der Waals surface area contributed by atoms with Gasteiger partial charge in [0.15, 0.2) is 29.3 Å². The van der Waals surface area contributed by atoms with Crippen molar-refractivity contribution >= 4 is 23.0 Å². The van der Waals surface area contributed by atoms with E-state index in [1.165, 1.54) is 6.92 Å². The van der Waals surface area contributed by atoms with E-state index >= 15 is 0 Å². The quantitative estimate of drug-likeness (QED) is 0.543. The lowest BCUT2D eigenvalue weighted by molar-refractivity contribution is -0.111. The van der Waals surface area contributed by atoms with Crippen LogP contribution in [0.5, 0.6) is 17.2 Å². The van der Waals surface area contributed by atoms with E-state index in [1.54, 1.807) is 21.3 Å². The molecule has 0 fully saturated rings. The minimum absolute atomic E-state index is 0.135. The Kier molecular flexibility index (Phi) is 5.98. The number of methoxy groups -OCH3 is 3. The molecule has 0 saturated carbocycles. The average molecular weight is 431 g/mol. The molecule has 4 rings (SSSR count). The highest BCUT2D eigenvalue weighted by Crippen LogP contribution is 2.41. The van der Waals surface area contributed by atoms with Crippen LogP contribution < -0.4 is 24.1 Å². The van der Waals surface area contributed by atoms with Crippen LogP contribution in [0, 0.1) is 0 Å².